The fourth-order valence-corrected chi connectivity index (χ4v) is 3.20. The summed E-state index contributed by atoms with van der Waals surface area (Å²) in [6.07, 6.45) is 0. The van der Waals surface area contributed by atoms with E-state index in [-0.39, 0.29) is 5.91 Å². The molecular weight excluding hydrogens is 400 g/mol. The van der Waals surface area contributed by atoms with Gasteiger partial charge < -0.3 is 20.1 Å². The first kappa shape index (κ1) is 21.5. The van der Waals surface area contributed by atoms with E-state index in [4.69, 9.17) is 21.1 Å². The predicted molar refractivity (Wildman–Crippen MR) is 122 cm³/mol. The van der Waals surface area contributed by atoms with Crippen molar-refractivity contribution in [3.8, 4) is 11.5 Å². The Morgan fingerprint density at radius 1 is 0.967 bits per heavy atom. The number of hydrogen-bond donors (Lipinski definition) is 2. The normalized spacial score (nSPS) is 10.4. The van der Waals surface area contributed by atoms with Gasteiger partial charge in [0.2, 0.25) is 5.91 Å². The monoisotopic (exact) mass is 424 g/mol. The Bertz CT molecular complexity index is 1020. The van der Waals surface area contributed by atoms with Gasteiger partial charge in [-0.2, -0.15) is 0 Å². The van der Waals surface area contributed by atoms with Crippen LogP contribution in [0.3, 0.4) is 0 Å². The van der Waals surface area contributed by atoms with Gasteiger partial charge in [-0.05, 0) is 53.9 Å². The van der Waals surface area contributed by atoms with Crippen LogP contribution in [0.25, 0.3) is 0 Å². The summed E-state index contributed by atoms with van der Waals surface area (Å²) in [4.78, 5) is 11.1. The van der Waals surface area contributed by atoms with Gasteiger partial charge in [-0.25, -0.2) is 0 Å². The molecular formula is C24H25ClN2O3. The van der Waals surface area contributed by atoms with Crippen molar-refractivity contribution in [3.05, 3.63) is 82.4 Å². The van der Waals surface area contributed by atoms with Gasteiger partial charge in [0.25, 0.3) is 0 Å². The molecule has 0 aromatic heterocycles. The molecule has 0 radical (unpaired) electrons. The zero-order chi connectivity index (χ0) is 21.5. The lowest BCUT2D eigenvalue weighted by Gasteiger charge is -2.15. The largest absolute Gasteiger partial charge is 0.493 e. The number of amides is 1. The second-order valence-electron chi connectivity index (χ2n) is 6.92. The molecule has 1 amide bonds. The highest BCUT2D eigenvalue weighted by atomic mass is 35.5. The zero-order valence-electron chi connectivity index (χ0n) is 17.3. The maximum atomic E-state index is 11.1. The standard InChI is InChI=1S/C24H25ClN2O3/c1-16-6-4-5-7-18(16)15-30-24-13-22(25)19(12-23(24)29-3)14-26-20-8-10-21(11-9-20)27-17(2)28/h4-13,26H,14-15H2,1-3H3,(H,27,28). The Kier molecular flexibility index (Phi) is 7.20. The van der Waals surface area contributed by atoms with E-state index in [1.165, 1.54) is 12.5 Å². The molecule has 0 aliphatic rings. The van der Waals surface area contributed by atoms with Crippen LogP contribution in [0.15, 0.2) is 60.7 Å². The lowest BCUT2D eigenvalue weighted by molar-refractivity contribution is -0.114. The summed E-state index contributed by atoms with van der Waals surface area (Å²) in [5, 5.41) is 6.67. The highest BCUT2D eigenvalue weighted by Crippen LogP contribution is 2.34. The molecule has 30 heavy (non-hydrogen) atoms. The van der Waals surface area contributed by atoms with E-state index in [0.717, 1.165) is 22.5 Å². The van der Waals surface area contributed by atoms with E-state index >= 15 is 0 Å². The summed E-state index contributed by atoms with van der Waals surface area (Å²) in [5.74, 6) is 1.14. The van der Waals surface area contributed by atoms with E-state index in [1.807, 2.05) is 48.5 Å². The topological polar surface area (TPSA) is 59.6 Å². The molecule has 6 heteroatoms. The fourth-order valence-electron chi connectivity index (χ4n) is 2.98. The van der Waals surface area contributed by atoms with Crippen molar-refractivity contribution in [2.24, 2.45) is 0 Å². The van der Waals surface area contributed by atoms with Gasteiger partial charge in [0.15, 0.2) is 11.5 Å². The van der Waals surface area contributed by atoms with Crippen molar-refractivity contribution in [1.29, 1.82) is 0 Å². The van der Waals surface area contributed by atoms with Crippen LogP contribution < -0.4 is 20.1 Å². The van der Waals surface area contributed by atoms with Crippen LogP contribution in [0.5, 0.6) is 11.5 Å². The van der Waals surface area contributed by atoms with Gasteiger partial charge in [0.1, 0.15) is 6.61 Å². The second kappa shape index (κ2) is 10.0. The maximum Gasteiger partial charge on any atom is 0.221 e. The fraction of sp³-hybridized carbons (Fsp3) is 0.208. The Hall–Kier alpha value is -3.18. The summed E-state index contributed by atoms with van der Waals surface area (Å²) in [5.41, 5.74) is 4.85. The third kappa shape index (κ3) is 5.67. The van der Waals surface area contributed by atoms with Crippen LogP contribution in [-0.2, 0) is 17.9 Å². The molecule has 0 heterocycles. The highest BCUT2D eigenvalue weighted by Gasteiger charge is 2.11. The SMILES string of the molecule is COc1cc(CNc2ccc(NC(C)=O)cc2)c(Cl)cc1OCc1ccccc1C. The number of methoxy groups -OCH3 is 1. The Morgan fingerprint density at radius 2 is 1.67 bits per heavy atom. The summed E-state index contributed by atoms with van der Waals surface area (Å²) < 4.78 is 11.5. The number of halogens is 1. The summed E-state index contributed by atoms with van der Waals surface area (Å²) in [7, 11) is 1.61. The van der Waals surface area contributed by atoms with Gasteiger partial charge in [-0.15, -0.1) is 0 Å². The molecule has 0 bridgehead atoms. The number of rotatable bonds is 8. The summed E-state index contributed by atoms with van der Waals surface area (Å²) in [6, 6.07) is 19.2. The van der Waals surface area contributed by atoms with Crippen molar-refractivity contribution in [2.75, 3.05) is 17.7 Å². The van der Waals surface area contributed by atoms with Crippen LogP contribution in [0, 0.1) is 6.92 Å². The smallest absolute Gasteiger partial charge is 0.221 e. The quantitative estimate of drug-likeness (QED) is 0.479. The van der Waals surface area contributed by atoms with Gasteiger partial charge in [0.05, 0.1) is 7.11 Å². The Labute approximate surface area is 182 Å². The lowest BCUT2D eigenvalue weighted by atomic mass is 10.1. The number of carbonyl (C=O) groups excluding carboxylic acids is 1. The zero-order valence-corrected chi connectivity index (χ0v) is 18.0. The van der Waals surface area contributed by atoms with Gasteiger partial charge in [-0.1, -0.05) is 35.9 Å². The van der Waals surface area contributed by atoms with Gasteiger partial charge in [-0.3, -0.25) is 4.79 Å². The number of anilines is 2. The van der Waals surface area contributed by atoms with Crippen LogP contribution in [-0.4, -0.2) is 13.0 Å². The Morgan fingerprint density at radius 3 is 2.33 bits per heavy atom. The van der Waals surface area contributed by atoms with Crippen molar-refractivity contribution in [1.82, 2.24) is 0 Å². The van der Waals surface area contributed by atoms with Crippen molar-refractivity contribution < 1.29 is 14.3 Å². The number of ether oxygens (including phenoxy) is 2. The lowest BCUT2D eigenvalue weighted by Crippen LogP contribution is -2.06. The van der Waals surface area contributed by atoms with Gasteiger partial charge in [0, 0.05) is 35.9 Å². The first-order valence-electron chi connectivity index (χ1n) is 9.61. The van der Waals surface area contributed by atoms with Crippen LogP contribution >= 0.6 is 11.6 Å². The molecule has 5 nitrogen and oxygen atoms in total. The molecule has 0 atom stereocenters. The summed E-state index contributed by atoms with van der Waals surface area (Å²) >= 11 is 6.50. The minimum Gasteiger partial charge on any atom is -0.493 e. The third-order valence-corrected chi connectivity index (χ3v) is 5.02. The number of aryl methyl sites for hydroxylation is 1. The highest BCUT2D eigenvalue weighted by molar-refractivity contribution is 6.31. The predicted octanol–water partition coefficient (Wildman–Crippen LogP) is 5.81. The maximum absolute atomic E-state index is 11.1. The first-order chi connectivity index (χ1) is 14.5. The van der Waals surface area contributed by atoms with E-state index in [0.29, 0.717) is 29.7 Å². The molecule has 0 saturated carbocycles. The third-order valence-electron chi connectivity index (χ3n) is 4.67. The number of benzene rings is 3. The average Bonchev–Trinajstić information content (AvgIpc) is 2.73. The summed E-state index contributed by atoms with van der Waals surface area (Å²) in [6.45, 7) is 4.50. The van der Waals surface area contributed by atoms with Crippen molar-refractivity contribution in [3.63, 3.8) is 0 Å². The molecule has 0 spiro atoms. The van der Waals surface area contributed by atoms with Gasteiger partial charge >= 0.3 is 0 Å². The number of nitrogens with one attached hydrogen (secondary N) is 2. The molecule has 0 unspecified atom stereocenters. The molecule has 0 aliphatic carbocycles. The molecule has 156 valence electrons. The molecule has 0 fully saturated rings. The van der Waals surface area contributed by atoms with Crippen molar-refractivity contribution >= 4 is 28.9 Å². The average molecular weight is 425 g/mol. The number of hydrogen-bond acceptors (Lipinski definition) is 4. The first-order valence-corrected chi connectivity index (χ1v) is 9.99. The van der Waals surface area contributed by atoms with E-state index in [9.17, 15) is 4.79 Å². The molecule has 2 N–H and O–H groups in total. The van der Waals surface area contributed by atoms with Crippen molar-refractivity contribution in [2.45, 2.75) is 27.0 Å². The van der Waals surface area contributed by atoms with Crippen LogP contribution in [0.2, 0.25) is 5.02 Å². The molecule has 3 aromatic rings. The molecule has 0 aliphatic heterocycles. The van der Waals surface area contributed by atoms with E-state index < -0.39 is 0 Å². The van der Waals surface area contributed by atoms with Crippen LogP contribution in [0.1, 0.15) is 23.6 Å². The van der Waals surface area contributed by atoms with Crippen LogP contribution in [0.4, 0.5) is 11.4 Å². The minimum atomic E-state index is -0.0979. The molecule has 3 aromatic carbocycles. The number of carbonyl (C=O) groups is 1. The van der Waals surface area contributed by atoms with E-state index in [2.05, 4.69) is 23.6 Å². The van der Waals surface area contributed by atoms with E-state index in [1.54, 1.807) is 13.2 Å². The molecule has 0 saturated heterocycles. The second-order valence-corrected chi connectivity index (χ2v) is 7.33. The molecule has 3 rings (SSSR count). The Balaban J connectivity index is 1.67. The minimum absolute atomic E-state index is 0.0979.